The molecule has 0 aliphatic heterocycles. The number of carbonyl (C=O) groups is 1. The lowest BCUT2D eigenvalue weighted by Crippen LogP contribution is -2.26. The van der Waals surface area contributed by atoms with Gasteiger partial charge in [-0.1, -0.05) is 39.0 Å². The van der Waals surface area contributed by atoms with Crippen molar-refractivity contribution >= 4 is 34.0 Å². The Morgan fingerprint density at radius 1 is 1.33 bits per heavy atom. The minimum Gasteiger partial charge on any atom is -0.317 e. The van der Waals surface area contributed by atoms with E-state index < -0.39 is 0 Å². The van der Waals surface area contributed by atoms with Crippen molar-refractivity contribution in [2.24, 2.45) is 11.3 Å². The van der Waals surface area contributed by atoms with Gasteiger partial charge in [0, 0.05) is 21.9 Å². The van der Waals surface area contributed by atoms with Crippen LogP contribution in [0.2, 0.25) is 0 Å². The van der Waals surface area contributed by atoms with Crippen LogP contribution in [-0.4, -0.2) is 11.7 Å². The van der Waals surface area contributed by atoms with Crippen LogP contribution in [0.3, 0.4) is 0 Å². The number of thiophene rings is 1. The number of hydrogen-bond acceptors (Lipinski definition) is 4. The molecule has 142 valence electrons. The lowest BCUT2D eigenvalue weighted by molar-refractivity contribution is -0.115. The van der Waals surface area contributed by atoms with Crippen LogP contribution >= 0.6 is 23.1 Å². The summed E-state index contributed by atoms with van der Waals surface area (Å²) in [5, 5.41) is 13.4. The molecule has 2 aromatic rings. The zero-order valence-corrected chi connectivity index (χ0v) is 17.8. The van der Waals surface area contributed by atoms with Gasteiger partial charge in [0.15, 0.2) is 0 Å². The lowest BCUT2D eigenvalue weighted by Gasteiger charge is -2.33. The molecule has 0 fully saturated rings. The van der Waals surface area contributed by atoms with E-state index in [1.54, 1.807) is 23.1 Å². The average Bonchev–Trinajstić information content (AvgIpc) is 2.97. The highest BCUT2D eigenvalue weighted by molar-refractivity contribution is 7.99. The Kier molecular flexibility index (Phi) is 6.29. The summed E-state index contributed by atoms with van der Waals surface area (Å²) in [4.78, 5) is 14.8. The Morgan fingerprint density at radius 3 is 2.74 bits per heavy atom. The number of nitrogens with zero attached hydrogens (tertiary/aromatic N) is 1. The molecule has 1 atom stereocenters. The van der Waals surface area contributed by atoms with Gasteiger partial charge in [0.05, 0.1) is 5.56 Å². The predicted octanol–water partition coefficient (Wildman–Crippen LogP) is 5.89. The summed E-state index contributed by atoms with van der Waals surface area (Å²) in [5.41, 5.74) is 2.12. The zero-order valence-electron chi connectivity index (χ0n) is 16.2. The fraction of sp³-hybridized carbons (Fsp3) is 0.455. The van der Waals surface area contributed by atoms with Gasteiger partial charge < -0.3 is 5.32 Å². The van der Waals surface area contributed by atoms with E-state index in [-0.39, 0.29) is 11.3 Å². The standard InChI is InChI=1S/C22H26N2OS2/c1-22(2,3)15-9-10-17-18(14-23)21(27-19(17)13-15)24-20(25)11-12-26-16-7-5-4-6-8-16/h4-8,15H,9-13H2,1-3H3,(H,24,25). The Bertz CT molecular complexity index is 844. The highest BCUT2D eigenvalue weighted by atomic mass is 32.2. The number of nitriles is 1. The first-order valence-electron chi connectivity index (χ1n) is 9.41. The molecule has 3 rings (SSSR count). The third kappa shape index (κ3) is 4.94. The Balaban J connectivity index is 1.63. The number of carbonyl (C=O) groups excluding carboxylic acids is 1. The SMILES string of the molecule is CC(C)(C)C1CCc2c(sc(NC(=O)CCSc3ccccc3)c2C#N)C1. The first-order valence-corrected chi connectivity index (χ1v) is 11.2. The van der Waals surface area contributed by atoms with Gasteiger partial charge in [-0.15, -0.1) is 23.1 Å². The molecule has 1 N–H and O–H groups in total. The van der Waals surface area contributed by atoms with E-state index in [0.29, 0.717) is 17.9 Å². The highest BCUT2D eigenvalue weighted by Crippen LogP contribution is 2.44. The van der Waals surface area contributed by atoms with Gasteiger partial charge in [-0.2, -0.15) is 5.26 Å². The minimum atomic E-state index is -0.0131. The van der Waals surface area contributed by atoms with Crippen LogP contribution in [0, 0.1) is 22.7 Å². The first kappa shape index (κ1) is 20.0. The van der Waals surface area contributed by atoms with Crippen molar-refractivity contribution in [1.82, 2.24) is 0 Å². The van der Waals surface area contributed by atoms with E-state index in [9.17, 15) is 10.1 Å². The Morgan fingerprint density at radius 2 is 2.07 bits per heavy atom. The fourth-order valence-electron chi connectivity index (χ4n) is 3.50. The van der Waals surface area contributed by atoms with Gasteiger partial charge in [0.2, 0.25) is 5.91 Å². The Hall–Kier alpha value is -1.77. The van der Waals surface area contributed by atoms with E-state index >= 15 is 0 Å². The van der Waals surface area contributed by atoms with Crippen molar-refractivity contribution in [3.63, 3.8) is 0 Å². The second kappa shape index (κ2) is 8.50. The Labute approximate surface area is 170 Å². The predicted molar refractivity (Wildman–Crippen MR) is 114 cm³/mol. The summed E-state index contributed by atoms with van der Waals surface area (Å²) in [6.07, 6.45) is 3.51. The monoisotopic (exact) mass is 398 g/mol. The van der Waals surface area contributed by atoms with Crippen molar-refractivity contribution in [3.05, 3.63) is 46.3 Å². The average molecular weight is 399 g/mol. The molecule has 3 nitrogen and oxygen atoms in total. The van der Waals surface area contributed by atoms with Crippen molar-refractivity contribution in [1.29, 1.82) is 5.26 Å². The van der Waals surface area contributed by atoms with E-state index in [1.807, 2.05) is 18.2 Å². The summed E-state index contributed by atoms with van der Waals surface area (Å²) in [6, 6.07) is 12.4. The minimum absolute atomic E-state index is 0.0131. The number of anilines is 1. The smallest absolute Gasteiger partial charge is 0.225 e. The van der Waals surface area contributed by atoms with Crippen LogP contribution in [0.5, 0.6) is 0 Å². The van der Waals surface area contributed by atoms with Gasteiger partial charge in [-0.25, -0.2) is 0 Å². The van der Waals surface area contributed by atoms with Crippen molar-refractivity contribution < 1.29 is 4.79 Å². The van der Waals surface area contributed by atoms with Gasteiger partial charge in [0.1, 0.15) is 11.1 Å². The maximum absolute atomic E-state index is 12.4. The van der Waals surface area contributed by atoms with Crippen LogP contribution in [0.1, 0.15) is 49.6 Å². The van der Waals surface area contributed by atoms with E-state index in [4.69, 9.17) is 0 Å². The number of nitrogens with one attached hydrogen (secondary N) is 1. The largest absolute Gasteiger partial charge is 0.317 e. The molecular formula is C22H26N2OS2. The molecule has 1 aromatic heterocycles. The van der Waals surface area contributed by atoms with E-state index in [2.05, 4.69) is 44.3 Å². The molecule has 0 saturated carbocycles. The summed E-state index contributed by atoms with van der Waals surface area (Å²) in [5.74, 6) is 1.34. The third-order valence-electron chi connectivity index (χ3n) is 5.20. The van der Waals surface area contributed by atoms with Gasteiger partial charge in [-0.3, -0.25) is 4.79 Å². The van der Waals surface area contributed by atoms with E-state index in [1.165, 1.54) is 9.77 Å². The summed E-state index contributed by atoms with van der Waals surface area (Å²) < 4.78 is 0. The molecular weight excluding hydrogens is 372 g/mol. The number of benzene rings is 1. The number of hydrogen-bond donors (Lipinski definition) is 1. The number of amides is 1. The van der Waals surface area contributed by atoms with Crippen LogP contribution in [0.4, 0.5) is 5.00 Å². The van der Waals surface area contributed by atoms with Gasteiger partial charge >= 0.3 is 0 Å². The van der Waals surface area contributed by atoms with Crippen molar-refractivity contribution in [2.45, 2.75) is 51.3 Å². The van der Waals surface area contributed by atoms with E-state index in [0.717, 1.165) is 35.6 Å². The van der Waals surface area contributed by atoms with Crippen LogP contribution in [0.15, 0.2) is 35.2 Å². The van der Waals surface area contributed by atoms with Gasteiger partial charge in [-0.05, 0) is 48.3 Å². The molecule has 27 heavy (non-hydrogen) atoms. The summed E-state index contributed by atoms with van der Waals surface area (Å²) in [6.45, 7) is 6.86. The first-order chi connectivity index (χ1) is 12.9. The molecule has 1 amide bonds. The molecule has 1 unspecified atom stereocenters. The van der Waals surface area contributed by atoms with Gasteiger partial charge in [0.25, 0.3) is 0 Å². The van der Waals surface area contributed by atoms with Crippen molar-refractivity contribution in [2.75, 3.05) is 11.1 Å². The van der Waals surface area contributed by atoms with Crippen molar-refractivity contribution in [3.8, 4) is 6.07 Å². The molecule has 1 heterocycles. The zero-order chi connectivity index (χ0) is 19.4. The molecule has 5 heteroatoms. The summed E-state index contributed by atoms with van der Waals surface area (Å²) >= 11 is 3.28. The maximum atomic E-state index is 12.4. The molecule has 0 spiro atoms. The normalized spacial score (nSPS) is 16.4. The lowest BCUT2D eigenvalue weighted by atomic mass is 9.72. The number of thioether (sulfide) groups is 1. The molecule has 1 aliphatic carbocycles. The second-order valence-electron chi connectivity index (χ2n) is 8.09. The topological polar surface area (TPSA) is 52.9 Å². The quantitative estimate of drug-likeness (QED) is 0.639. The summed E-state index contributed by atoms with van der Waals surface area (Å²) in [7, 11) is 0. The van der Waals surface area contributed by atoms with Crippen LogP contribution < -0.4 is 5.32 Å². The number of rotatable bonds is 5. The molecule has 0 saturated heterocycles. The van der Waals surface area contributed by atoms with Crippen LogP contribution in [0.25, 0.3) is 0 Å². The molecule has 1 aromatic carbocycles. The van der Waals surface area contributed by atoms with Crippen LogP contribution in [-0.2, 0) is 17.6 Å². The number of fused-ring (bicyclic) bond motifs is 1. The maximum Gasteiger partial charge on any atom is 0.225 e. The fourth-order valence-corrected chi connectivity index (χ4v) is 5.67. The molecule has 0 bridgehead atoms. The molecule has 1 aliphatic rings. The highest BCUT2D eigenvalue weighted by Gasteiger charge is 2.32. The third-order valence-corrected chi connectivity index (χ3v) is 7.38. The molecule has 0 radical (unpaired) electrons. The second-order valence-corrected chi connectivity index (χ2v) is 10.4.